The van der Waals surface area contributed by atoms with Gasteiger partial charge in [0.15, 0.2) is 0 Å². The number of aromatic hydroxyl groups is 1. The maximum atomic E-state index is 9.55. The highest BCUT2D eigenvalue weighted by atomic mass is 16.3. The topological polar surface area (TPSA) is 53.6 Å². The molecule has 1 unspecified atom stereocenters. The summed E-state index contributed by atoms with van der Waals surface area (Å²) in [6.45, 7) is 2.09. The number of rotatable bonds is 2. The van der Waals surface area contributed by atoms with E-state index < -0.39 is 0 Å². The summed E-state index contributed by atoms with van der Waals surface area (Å²) in [5.74, 6) is 0.322. The van der Waals surface area contributed by atoms with Gasteiger partial charge in [-0.3, -0.25) is 0 Å². The van der Waals surface area contributed by atoms with Crippen molar-refractivity contribution in [3.05, 3.63) is 42.0 Å². The SMILES string of the molecule is CC(CO)c1ccc2oc3ccc(O)cc3c2c1. The number of aliphatic hydroxyl groups is 1. The molecule has 0 aliphatic rings. The molecular formula is C15H14O3. The van der Waals surface area contributed by atoms with Crippen molar-refractivity contribution in [2.24, 2.45) is 0 Å². The predicted molar refractivity (Wildman–Crippen MR) is 70.9 cm³/mol. The molecule has 1 atom stereocenters. The van der Waals surface area contributed by atoms with Gasteiger partial charge in [0.1, 0.15) is 16.9 Å². The van der Waals surface area contributed by atoms with Crippen LogP contribution in [0.1, 0.15) is 18.4 Å². The third kappa shape index (κ3) is 1.64. The lowest BCUT2D eigenvalue weighted by molar-refractivity contribution is 0.273. The van der Waals surface area contributed by atoms with E-state index in [1.54, 1.807) is 18.2 Å². The molecule has 3 rings (SSSR count). The summed E-state index contributed by atoms with van der Waals surface area (Å²) in [6.07, 6.45) is 0. The van der Waals surface area contributed by atoms with Crippen LogP contribution in [0.4, 0.5) is 0 Å². The zero-order chi connectivity index (χ0) is 12.7. The molecule has 0 radical (unpaired) electrons. The molecule has 1 aromatic heterocycles. The van der Waals surface area contributed by atoms with E-state index in [2.05, 4.69) is 0 Å². The van der Waals surface area contributed by atoms with Crippen LogP contribution in [0, 0.1) is 0 Å². The maximum Gasteiger partial charge on any atom is 0.135 e. The Balaban J connectivity index is 2.30. The number of hydrogen-bond donors (Lipinski definition) is 2. The molecule has 3 heteroatoms. The quantitative estimate of drug-likeness (QED) is 0.724. The molecule has 3 aromatic rings. The summed E-state index contributed by atoms with van der Waals surface area (Å²) < 4.78 is 5.70. The van der Waals surface area contributed by atoms with Crippen molar-refractivity contribution in [2.45, 2.75) is 12.8 Å². The van der Waals surface area contributed by atoms with Crippen molar-refractivity contribution in [3.8, 4) is 5.75 Å². The van der Waals surface area contributed by atoms with Crippen molar-refractivity contribution in [1.29, 1.82) is 0 Å². The van der Waals surface area contributed by atoms with Crippen molar-refractivity contribution in [1.82, 2.24) is 0 Å². The van der Waals surface area contributed by atoms with Gasteiger partial charge in [0.05, 0.1) is 0 Å². The molecule has 1 heterocycles. The van der Waals surface area contributed by atoms with Crippen LogP contribution in [-0.4, -0.2) is 16.8 Å². The van der Waals surface area contributed by atoms with Crippen LogP contribution in [0.2, 0.25) is 0 Å². The monoisotopic (exact) mass is 242 g/mol. The fourth-order valence-corrected chi connectivity index (χ4v) is 2.19. The Morgan fingerprint density at radius 2 is 1.72 bits per heavy atom. The molecular weight excluding hydrogens is 228 g/mol. The van der Waals surface area contributed by atoms with Crippen molar-refractivity contribution >= 4 is 21.9 Å². The van der Waals surface area contributed by atoms with E-state index >= 15 is 0 Å². The summed E-state index contributed by atoms with van der Waals surface area (Å²) in [6, 6.07) is 11.0. The summed E-state index contributed by atoms with van der Waals surface area (Å²) in [7, 11) is 0. The van der Waals surface area contributed by atoms with Crippen LogP contribution in [-0.2, 0) is 0 Å². The van der Waals surface area contributed by atoms with Crippen molar-refractivity contribution in [2.75, 3.05) is 6.61 Å². The van der Waals surface area contributed by atoms with Gasteiger partial charge in [-0.25, -0.2) is 0 Å². The maximum absolute atomic E-state index is 9.55. The van der Waals surface area contributed by atoms with E-state index in [0.29, 0.717) is 0 Å². The van der Waals surface area contributed by atoms with Crippen LogP contribution in [0.25, 0.3) is 21.9 Å². The molecule has 3 nitrogen and oxygen atoms in total. The summed E-state index contributed by atoms with van der Waals surface area (Å²) in [5.41, 5.74) is 2.62. The number of phenolic OH excluding ortho intramolecular Hbond substituents is 1. The van der Waals surface area contributed by atoms with Crippen LogP contribution < -0.4 is 0 Å². The van der Waals surface area contributed by atoms with E-state index in [1.165, 1.54) is 0 Å². The predicted octanol–water partition coefficient (Wildman–Crippen LogP) is 3.39. The first-order valence-corrected chi connectivity index (χ1v) is 5.95. The molecule has 18 heavy (non-hydrogen) atoms. The molecule has 2 aromatic carbocycles. The Labute approximate surface area is 104 Å². The second kappa shape index (κ2) is 4.03. The van der Waals surface area contributed by atoms with Gasteiger partial charge in [-0.05, 0) is 35.9 Å². The Morgan fingerprint density at radius 3 is 2.44 bits per heavy atom. The van der Waals surface area contributed by atoms with Gasteiger partial charge >= 0.3 is 0 Å². The minimum atomic E-state index is 0.0941. The highest BCUT2D eigenvalue weighted by Crippen LogP contribution is 2.32. The zero-order valence-corrected chi connectivity index (χ0v) is 10.1. The minimum absolute atomic E-state index is 0.0941. The van der Waals surface area contributed by atoms with Crippen LogP contribution in [0.3, 0.4) is 0 Å². The number of hydrogen-bond acceptors (Lipinski definition) is 3. The number of fused-ring (bicyclic) bond motifs is 3. The Morgan fingerprint density at radius 1 is 1.06 bits per heavy atom. The molecule has 0 fully saturated rings. The smallest absolute Gasteiger partial charge is 0.135 e. The summed E-state index contributed by atoms with van der Waals surface area (Å²) >= 11 is 0. The van der Waals surface area contributed by atoms with Gasteiger partial charge in [0.25, 0.3) is 0 Å². The molecule has 92 valence electrons. The third-order valence-corrected chi connectivity index (χ3v) is 3.32. The summed E-state index contributed by atoms with van der Waals surface area (Å²) in [5, 5.41) is 20.6. The third-order valence-electron chi connectivity index (χ3n) is 3.32. The lowest BCUT2D eigenvalue weighted by Crippen LogP contribution is -1.97. The fraction of sp³-hybridized carbons (Fsp3) is 0.200. The Bertz CT molecular complexity index is 712. The first kappa shape index (κ1) is 11.1. The standard InChI is InChI=1S/C15H14O3/c1-9(8-16)10-2-4-14-12(6-10)13-7-11(17)3-5-15(13)18-14/h2-7,9,16-17H,8H2,1H3. The number of aliphatic hydroxyl groups excluding tert-OH is 1. The zero-order valence-electron chi connectivity index (χ0n) is 10.1. The average Bonchev–Trinajstić information content (AvgIpc) is 2.75. The summed E-state index contributed by atoms with van der Waals surface area (Å²) in [4.78, 5) is 0. The van der Waals surface area contributed by atoms with Crippen molar-refractivity contribution < 1.29 is 14.6 Å². The molecule has 0 bridgehead atoms. The van der Waals surface area contributed by atoms with E-state index in [1.807, 2.05) is 25.1 Å². The van der Waals surface area contributed by atoms with Crippen LogP contribution >= 0.6 is 0 Å². The normalized spacial score (nSPS) is 13.2. The number of furan rings is 1. The van der Waals surface area contributed by atoms with Crippen LogP contribution in [0.5, 0.6) is 5.75 Å². The van der Waals surface area contributed by atoms with Gasteiger partial charge in [-0.1, -0.05) is 13.0 Å². The van der Waals surface area contributed by atoms with Crippen LogP contribution in [0.15, 0.2) is 40.8 Å². The lowest BCUT2D eigenvalue weighted by Gasteiger charge is -2.07. The Kier molecular flexibility index (Phi) is 2.49. The van der Waals surface area contributed by atoms with E-state index in [-0.39, 0.29) is 18.3 Å². The molecule has 0 aliphatic carbocycles. The first-order chi connectivity index (χ1) is 8.69. The van der Waals surface area contributed by atoms with Gasteiger partial charge in [0.2, 0.25) is 0 Å². The first-order valence-electron chi connectivity index (χ1n) is 5.95. The van der Waals surface area contributed by atoms with Gasteiger partial charge in [-0.2, -0.15) is 0 Å². The van der Waals surface area contributed by atoms with E-state index in [4.69, 9.17) is 4.42 Å². The molecule has 0 aliphatic heterocycles. The highest BCUT2D eigenvalue weighted by molar-refractivity contribution is 6.05. The van der Waals surface area contributed by atoms with Gasteiger partial charge < -0.3 is 14.6 Å². The lowest BCUT2D eigenvalue weighted by atomic mass is 10.00. The second-order valence-electron chi connectivity index (χ2n) is 4.62. The second-order valence-corrected chi connectivity index (χ2v) is 4.62. The fourth-order valence-electron chi connectivity index (χ4n) is 2.19. The number of phenols is 1. The highest BCUT2D eigenvalue weighted by Gasteiger charge is 2.10. The van der Waals surface area contributed by atoms with Gasteiger partial charge in [0, 0.05) is 23.3 Å². The van der Waals surface area contributed by atoms with E-state index in [9.17, 15) is 10.2 Å². The molecule has 0 saturated carbocycles. The van der Waals surface area contributed by atoms with Gasteiger partial charge in [-0.15, -0.1) is 0 Å². The number of benzene rings is 2. The molecule has 0 spiro atoms. The average molecular weight is 242 g/mol. The minimum Gasteiger partial charge on any atom is -0.508 e. The molecule has 2 N–H and O–H groups in total. The Hall–Kier alpha value is -2.00. The van der Waals surface area contributed by atoms with E-state index in [0.717, 1.165) is 27.5 Å². The molecule has 0 amide bonds. The largest absolute Gasteiger partial charge is 0.508 e. The molecule has 0 saturated heterocycles. The van der Waals surface area contributed by atoms with Crippen molar-refractivity contribution in [3.63, 3.8) is 0 Å².